The molecule has 0 aliphatic rings. The van der Waals surface area contributed by atoms with Gasteiger partial charge in [-0.3, -0.25) is 4.68 Å². The van der Waals surface area contributed by atoms with Crippen LogP contribution in [0.4, 0.5) is 13.2 Å². The first kappa shape index (κ1) is 12.2. The minimum absolute atomic E-state index is 0.0625. The molecule has 17 heavy (non-hydrogen) atoms. The molecule has 0 bridgehead atoms. The largest absolute Gasteiger partial charge is 0.420 e. The van der Waals surface area contributed by atoms with E-state index in [1.54, 1.807) is 24.3 Å². The van der Waals surface area contributed by atoms with Crippen molar-refractivity contribution in [2.75, 3.05) is 0 Å². The standard InChI is InChI=1S/C11H8BrF3N2/c1-17-6-8(11(13,14)15)10(16-17)7-4-2-3-5-9(7)12/h2-6H,1H3. The molecule has 0 aliphatic heterocycles. The molecule has 0 radical (unpaired) electrons. The number of nitrogens with zero attached hydrogens (tertiary/aromatic N) is 2. The van der Waals surface area contributed by atoms with Gasteiger partial charge >= 0.3 is 6.18 Å². The maximum atomic E-state index is 12.8. The highest BCUT2D eigenvalue weighted by atomic mass is 79.9. The first-order valence-corrected chi connectivity index (χ1v) is 5.54. The molecule has 1 aromatic carbocycles. The fourth-order valence-electron chi connectivity index (χ4n) is 1.55. The number of hydrogen-bond donors (Lipinski definition) is 0. The van der Waals surface area contributed by atoms with Crippen LogP contribution in [0, 0.1) is 0 Å². The lowest BCUT2D eigenvalue weighted by molar-refractivity contribution is -0.137. The number of aromatic nitrogens is 2. The van der Waals surface area contributed by atoms with E-state index in [4.69, 9.17) is 0 Å². The minimum atomic E-state index is -4.40. The fourth-order valence-corrected chi connectivity index (χ4v) is 2.02. The highest BCUT2D eigenvalue weighted by molar-refractivity contribution is 9.10. The number of alkyl halides is 3. The molecule has 1 aromatic heterocycles. The Balaban J connectivity index is 2.64. The van der Waals surface area contributed by atoms with Crippen LogP contribution in [0.2, 0.25) is 0 Å². The van der Waals surface area contributed by atoms with Crippen molar-refractivity contribution in [2.45, 2.75) is 6.18 Å². The fraction of sp³-hybridized carbons (Fsp3) is 0.182. The normalized spacial score (nSPS) is 11.8. The second kappa shape index (κ2) is 4.18. The van der Waals surface area contributed by atoms with Crippen LogP contribution in [0.3, 0.4) is 0 Å². The van der Waals surface area contributed by atoms with E-state index in [2.05, 4.69) is 21.0 Å². The van der Waals surface area contributed by atoms with Crippen LogP contribution in [0.15, 0.2) is 34.9 Å². The van der Waals surface area contributed by atoms with E-state index in [0.29, 0.717) is 10.0 Å². The van der Waals surface area contributed by atoms with Gasteiger partial charge in [0, 0.05) is 23.3 Å². The van der Waals surface area contributed by atoms with Gasteiger partial charge in [0.1, 0.15) is 11.3 Å². The summed E-state index contributed by atoms with van der Waals surface area (Å²) in [6.07, 6.45) is -3.42. The Morgan fingerprint density at radius 2 is 1.88 bits per heavy atom. The lowest BCUT2D eigenvalue weighted by Gasteiger charge is -2.07. The molecular weight excluding hydrogens is 297 g/mol. The molecule has 0 saturated heterocycles. The van der Waals surface area contributed by atoms with Gasteiger partial charge in [0.2, 0.25) is 0 Å². The second-order valence-corrected chi connectivity index (χ2v) is 4.40. The predicted molar refractivity (Wildman–Crippen MR) is 61.3 cm³/mol. The smallest absolute Gasteiger partial charge is 0.275 e. The molecule has 6 heteroatoms. The molecular formula is C11H8BrF3N2. The van der Waals surface area contributed by atoms with Crippen molar-refractivity contribution in [1.82, 2.24) is 9.78 Å². The average molecular weight is 305 g/mol. The average Bonchev–Trinajstić information content (AvgIpc) is 2.60. The quantitative estimate of drug-likeness (QED) is 0.782. The summed E-state index contributed by atoms with van der Waals surface area (Å²) in [7, 11) is 1.47. The molecule has 2 rings (SSSR count). The van der Waals surface area contributed by atoms with Gasteiger partial charge in [-0.15, -0.1) is 0 Å². The van der Waals surface area contributed by atoms with Gasteiger partial charge < -0.3 is 0 Å². The highest BCUT2D eigenvalue weighted by Gasteiger charge is 2.36. The van der Waals surface area contributed by atoms with Crippen LogP contribution in [-0.4, -0.2) is 9.78 Å². The lowest BCUT2D eigenvalue weighted by Crippen LogP contribution is -2.05. The van der Waals surface area contributed by atoms with Gasteiger partial charge in [-0.25, -0.2) is 0 Å². The van der Waals surface area contributed by atoms with Crippen LogP contribution < -0.4 is 0 Å². The molecule has 2 aromatic rings. The van der Waals surface area contributed by atoms with E-state index in [-0.39, 0.29) is 5.69 Å². The van der Waals surface area contributed by atoms with Crippen LogP contribution in [0.1, 0.15) is 5.56 Å². The minimum Gasteiger partial charge on any atom is -0.275 e. The van der Waals surface area contributed by atoms with Crippen LogP contribution in [0.5, 0.6) is 0 Å². The summed E-state index contributed by atoms with van der Waals surface area (Å²) in [5.74, 6) is 0. The summed E-state index contributed by atoms with van der Waals surface area (Å²) in [4.78, 5) is 0. The SMILES string of the molecule is Cn1cc(C(F)(F)F)c(-c2ccccc2Br)n1. The lowest BCUT2D eigenvalue weighted by atomic mass is 10.1. The molecule has 0 amide bonds. The zero-order valence-electron chi connectivity index (χ0n) is 8.79. The molecule has 0 aliphatic carbocycles. The van der Waals surface area contributed by atoms with Crippen molar-refractivity contribution in [3.63, 3.8) is 0 Å². The molecule has 1 heterocycles. The van der Waals surface area contributed by atoms with Crippen molar-refractivity contribution in [2.24, 2.45) is 7.05 Å². The Bertz CT molecular complexity index is 546. The van der Waals surface area contributed by atoms with Crippen LogP contribution in [-0.2, 0) is 13.2 Å². The number of benzene rings is 1. The maximum Gasteiger partial charge on any atom is 0.420 e. The molecule has 0 N–H and O–H groups in total. The molecule has 0 atom stereocenters. The molecule has 90 valence electrons. The number of aryl methyl sites for hydroxylation is 1. The summed E-state index contributed by atoms with van der Waals surface area (Å²) < 4.78 is 40.2. The summed E-state index contributed by atoms with van der Waals surface area (Å²) >= 11 is 3.23. The highest BCUT2D eigenvalue weighted by Crippen LogP contribution is 2.38. The Hall–Kier alpha value is -1.30. The second-order valence-electron chi connectivity index (χ2n) is 3.54. The number of halogens is 4. The van der Waals surface area contributed by atoms with Crippen molar-refractivity contribution in [3.05, 3.63) is 40.5 Å². The predicted octanol–water partition coefficient (Wildman–Crippen LogP) is 3.87. The van der Waals surface area contributed by atoms with E-state index in [9.17, 15) is 13.2 Å². The first-order valence-electron chi connectivity index (χ1n) is 4.75. The number of hydrogen-bond acceptors (Lipinski definition) is 1. The van der Waals surface area contributed by atoms with Crippen LogP contribution >= 0.6 is 15.9 Å². The molecule has 0 saturated carbocycles. The van der Waals surface area contributed by atoms with E-state index in [0.717, 1.165) is 10.9 Å². The van der Waals surface area contributed by atoms with Gasteiger partial charge in [-0.2, -0.15) is 18.3 Å². The Morgan fingerprint density at radius 1 is 1.24 bits per heavy atom. The van der Waals surface area contributed by atoms with Gasteiger partial charge in [-0.1, -0.05) is 34.1 Å². The number of rotatable bonds is 1. The van der Waals surface area contributed by atoms with Gasteiger partial charge in [0.05, 0.1) is 0 Å². The topological polar surface area (TPSA) is 17.8 Å². The molecule has 0 fully saturated rings. The van der Waals surface area contributed by atoms with E-state index < -0.39 is 11.7 Å². The van der Waals surface area contributed by atoms with Crippen molar-refractivity contribution in [1.29, 1.82) is 0 Å². The molecule has 0 unspecified atom stereocenters. The van der Waals surface area contributed by atoms with Gasteiger partial charge in [0.25, 0.3) is 0 Å². The summed E-state index contributed by atoms with van der Waals surface area (Å²) in [5.41, 5.74) is -0.361. The third kappa shape index (κ3) is 2.36. The van der Waals surface area contributed by atoms with E-state index in [1.807, 2.05) is 0 Å². The molecule has 2 nitrogen and oxygen atoms in total. The van der Waals surface area contributed by atoms with E-state index in [1.165, 1.54) is 7.05 Å². The molecule has 0 spiro atoms. The third-order valence-electron chi connectivity index (χ3n) is 2.26. The summed E-state index contributed by atoms with van der Waals surface area (Å²) in [6, 6.07) is 6.70. The zero-order chi connectivity index (χ0) is 12.6. The first-order chi connectivity index (χ1) is 7.89. The Morgan fingerprint density at radius 3 is 2.47 bits per heavy atom. The summed E-state index contributed by atoms with van der Waals surface area (Å²) in [5, 5.41) is 3.87. The van der Waals surface area contributed by atoms with Gasteiger partial charge in [0.15, 0.2) is 0 Å². The monoisotopic (exact) mass is 304 g/mol. The van der Waals surface area contributed by atoms with Gasteiger partial charge in [-0.05, 0) is 6.07 Å². The van der Waals surface area contributed by atoms with Crippen molar-refractivity contribution < 1.29 is 13.2 Å². The van der Waals surface area contributed by atoms with Crippen molar-refractivity contribution in [3.8, 4) is 11.3 Å². The van der Waals surface area contributed by atoms with Crippen molar-refractivity contribution >= 4 is 15.9 Å². The Labute approximate surface area is 104 Å². The third-order valence-corrected chi connectivity index (χ3v) is 2.95. The Kier molecular flexibility index (Phi) is 2.99. The zero-order valence-corrected chi connectivity index (χ0v) is 10.4. The summed E-state index contributed by atoms with van der Waals surface area (Å²) in [6.45, 7) is 0. The maximum absolute atomic E-state index is 12.8. The van der Waals surface area contributed by atoms with E-state index >= 15 is 0 Å². The van der Waals surface area contributed by atoms with Crippen LogP contribution in [0.25, 0.3) is 11.3 Å².